The molecule has 0 unspecified atom stereocenters. The predicted molar refractivity (Wildman–Crippen MR) is 79.1 cm³/mol. The van der Waals surface area contributed by atoms with Crippen LogP contribution in [0, 0.1) is 0 Å². The van der Waals surface area contributed by atoms with Gasteiger partial charge in [0.15, 0.2) is 0 Å². The Bertz CT molecular complexity index is 626. The van der Waals surface area contributed by atoms with E-state index in [0.717, 1.165) is 0 Å². The van der Waals surface area contributed by atoms with Crippen LogP contribution in [0.5, 0.6) is 0 Å². The zero-order chi connectivity index (χ0) is 16.6. The van der Waals surface area contributed by atoms with E-state index < -0.39 is 22.0 Å². The molecule has 22 heavy (non-hydrogen) atoms. The molecule has 2 N–H and O–H groups in total. The van der Waals surface area contributed by atoms with Crippen molar-refractivity contribution in [2.75, 3.05) is 13.7 Å². The van der Waals surface area contributed by atoms with Crippen molar-refractivity contribution < 1.29 is 27.9 Å². The molecule has 0 aromatic heterocycles. The van der Waals surface area contributed by atoms with E-state index in [-0.39, 0.29) is 23.4 Å². The zero-order valence-corrected chi connectivity index (χ0v) is 13.1. The molecule has 0 aliphatic rings. The third kappa shape index (κ3) is 5.45. The van der Waals surface area contributed by atoms with Crippen molar-refractivity contribution in [1.82, 2.24) is 4.72 Å². The van der Waals surface area contributed by atoms with Crippen molar-refractivity contribution in [2.45, 2.75) is 30.6 Å². The lowest BCUT2D eigenvalue weighted by Gasteiger charge is -2.10. The standard InChI is InChI=1S/C14H19NO6S/c1-21-14(18)11-7-4-5-8-12(11)22(19,20)15-10-6-2-3-9-13(16)17/h4-5,7-8,15H,2-3,6,9-10H2,1H3,(H,16,17). The lowest BCUT2D eigenvalue weighted by atomic mass is 10.2. The molecule has 1 aromatic carbocycles. The third-order valence-corrected chi connectivity index (χ3v) is 4.46. The molecular weight excluding hydrogens is 310 g/mol. The van der Waals surface area contributed by atoms with Crippen molar-refractivity contribution in [3.63, 3.8) is 0 Å². The fourth-order valence-corrected chi connectivity index (χ4v) is 3.11. The van der Waals surface area contributed by atoms with Crippen LogP contribution in [0.3, 0.4) is 0 Å². The van der Waals surface area contributed by atoms with E-state index >= 15 is 0 Å². The number of hydrogen-bond acceptors (Lipinski definition) is 5. The number of hydrogen-bond donors (Lipinski definition) is 2. The maximum atomic E-state index is 12.2. The minimum Gasteiger partial charge on any atom is -0.481 e. The summed E-state index contributed by atoms with van der Waals surface area (Å²) < 4.78 is 31.4. The largest absolute Gasteiger partial charge is 0.481 e. The molecule has 1 rings (SSSR count). The van der Waals surface area contributed by atoms with Gasteiger partial charge in [-0.2, -0.15) is 0 Å². The van der Waals surface area contributed by atoms with Crippen LogP contribution in [0.15, 0.2) is 29.2 Å². The molecule has 122 valence electrons. The number of nitrogens with one attached hydrogen (secondary N) is 1. The summed E-state index contributed by atoms with van der Waals surface area (Å²) in [5.74, 6) is -1.59. The third-order valence-electron chi connectivity index (χ3n) is 2.94. The molecule has 0 bridgehead atoms. The normalized spacial score (nSPS) is 11.1. The van der Waals surface area contributed by atoms with Gasteiger partial charge in [-0.25, -0.2) is 17.9 Å². The summed E-state index contributed by atoms with van der Waals surface area (Å²) in [4.78, 5) is 21.8. The van der Waals surface area contributed by atoms with Crippen LogP contribution in [0.4, 0.5) is 0 Å². The second kappa shape index (κ2) is 8.50. The van der Waals surface area contributed by atoms with Gasteiger partial charge in [0.1, 0.15) is 0 Å². The molecule has 0 fully saturated rings. The molecule has 0 amide bonds. The van der Waals surface area contributed by atoms with Crippen molar-refractivity contribution in [3.05, 3.63) is 29.8 Å². The summed E-state index contributed by atoms with van der Waals surface area (Å²) in [6.07, 6.45) is 1.69. The number of rotatable bonds is 9. The first-order chi connectivity index (χ1) is 10.4. The van der Waals surface area contributed by atoms with Gasteiger partial charge in [-0.3, -0.25) is 4.79 Å². The number of ether oxygens (including phenoxy) is 1. The highest BCUT2D eigenvalue weighted by molar-refractivity contribution is 7.89. The van der Waals surface area contributed by atoms with Gasteiger partial charge in [0, 0.05) is 13.0 Å². The van der Waals surface area contributed by atoms with Gasteiger partial charge in [-0.15, -0.1) is 0 Å². The smallest absolute Gasteiger partial charge is 0.339 e. The molecule has 0 heterocycles. The van der Waals surface area contributed by atoms with E-state index in [9.17, 15) is 18.0 Å². The molecule has 0 atom stereocenters. The Kier molecular flexibility index (Phi) is 7.00. The van der Waals surface area contributed by atoms with Crippen LogP contribution in [0.1, 0.15) is 36.0 Å². The van der Waals surface area contributed by atoms with Gasteiger partial charge in [0.05, 0.1) is 17.6 Å². The molecular formula is C14H19NO6S. The van der Waals surface area contributed by atoms with E-state index in [1.54, 1.807) is 6.07 Å². The summed E-state index contributed by atoms with van der Waals surface area (Å²) in [6.45, 7) is 0.178. The Hall–Kier alpha value is -1.93. The number of carbonyl (C=O) groups is 2. The minimum atomic E-state index is -3.82. The second-order valence-corrected chi connectivity index (χ2v) is 6.33. The molecule has 0 saturated heterocycles. The highest BCUT2D eigenvalue weighted by Crippen LogP contribution is 2.16. The van der Waals surface area contributed by atoms with Crippen LogP contribution in [-0.2, 0) is 19.6 Å². The Morgan fingerprint density at radius 3 is 2.50 bits per heavy atom. The van der Waals surface area contributed by atoms with Gasteiger partial charge >= 0.3 is 11.9 Å². The lowest BCUT2D eigenvalue weighted by molar-refractivity contribution is -0.137. The van der Waals surface area contributed by atoms with Gasteiger partial charge < -0.3 is 9.84 Å². The van der Waals surface area contributed by atoms with E-state index in [4.69, 9.17) is 5.11 Å². The Morgan fingerprint density at radius 2 is 1.86 bits per heavy atom. The molecule has 8 heteroatoms. The average molecular weight is 329 g/mol. The molecule has 0 spiro atoms. The van der Waals surface area contributed by atoms with Crippen LogP contribution in [-0.4, -0.2) is 39.1 Å². The Labute approximate surface area is 129 Å². The topological polar surface area (TPSA) is 110 Å². The SMILES string of the molecule is COC(=O)c1ccccc1S(=O)(=O)NCCCCCC(=O)O. The van der Waals surface area contributed by atoms with Gasteiger partial charge in [0.2, 0.25) is 10.0 Å². The molecule has 1 aromatic rings. The van der Waals surface area contributed by atoms with E-state index in [1.807, 2.05) is 0 Å². The van der Waals surface area contributed by atoms with Crippen LogP contribution >= 0.6 is 0 Å². The van der Waals surface area contributed by atoms with Gasteiger partial charge in [-0.1, -0.05) is 18.6 Å². The van der Waals surface area contributed by atoms with Crippen molar-refractivity contribution in [1.29, 1.82) is 0 Å². The minimum absolute atomic E-state index is 0.0247. The van der Waals surface area contributed by atoms with Crippen molar-refractivity contribution in [3.8, 4) is 0 Å². The highest BCUT2D eigenvalue weighted by atomic mass is 32.2. The maximum absolute atomic E-state index is 12.2. The van der Waals surface area contributed by atoms with E-state index in [0.29, 0.717) is 19.3 Å². The number of esters is 1. The van der Waals surface area contributed by atoms with Gasteiger partial charge in [0.25, 0.3) is 0 Å². The van der Waals surface area contributed by atoms with Crippen molar-refractivity contribution >= 4 is 22.0 Å². The lowest BCUT2D eigenvalue weighted by Crippen LogP contribution is -2.26. The number of carbonyl (C=O) groups excluding carboxylic acids is 1. The molecule has 0 aliphatic heterocycles. The van der Waals surface area contributed by atoms with Crippen LogP contribution < -0.4 is 4.72 Å². The first-order valence-corrected chi connectivity index (χ1v) is 8.25. The second-order valence-electron chi connectivity index (χ2n) is 4.59. The average Bonchev–Trinajstić information content (AvgIpc) is 2.49. The number of benzene rings is 1. The first kappa shape index (κ1) is 18.1. The summed E-state index contributed by atoms with van der Waals surface area (Å²) in [5, 5.41) is 8.50. The quantitative estimate of drug-likeness (QED) is 0.523. The number of carboxylic acids is 1. The number of sulfonamides is 1. The predicted octanol–water partition coefficient (Wildman–Crippen LogP) is 1.40. The first-order valence-electron chi connectivity index (χ1n) is 6.77. The number of aliphatic carboxylic acids is 1. The van der Waals surface area contributed by atoms with E-state index in [1.165, 1.54) is 25.3 Å². The monoisotopic (exact) mass is 329 g/mol. The highest BCUT2D eigenvalue weighted by Gasteiger charge is 2.21. The maximum Gasteiger partial charge on any atom is 0.339 e. The summed E-state index contributed by atoms with van der Waals surface area (Å²) >= 11 is 0. The van der Waals surface area contributed by atoms with E-state index in [2.05, 4.69) is 9.46 Å². The number of methoxy groups -OCH3 is 1. The fourth-order valence-electron chi connectivity index (χ4n) is 1.84. The zero-order valence-electron chi connectivity index (χ0n) is 12.2. The number of carboxylic acid groups (broad SMARTS) is 1. The van der Waals surface area contributed by atoms with Crippen LogP contribution in [0.25, 0.3) is 0 Å². The summed E-state index contributed by atoms with van der Waals surface area (Å²) in [7, 11) is -2.63. The Balaban J connectivity index is 2.64. The molecule has 0 saturated carbocycles. The summed E-state index contributed by atoms with van der Waals surface area (Å²) in [5.41, 5.74) is -0.0247. The Morgan fingerprint density at radius 1 is 1.18 bits per heavy atom. The molecule has 7 nitrogen and oxygen atoms in total. The van der Waals surface area contributed by atoms with Gasteiger partial charge in [-0.05, 0) is 25.0 Å². The van der Waals surface area contributed by atoms with Crippen molar-refractivity contribution in [2.24, 2.45) is 0 Å². The molecule has 0 aliphatic carbocycles. The fraction of sp³-hybridized carbons (Fsp3) is 0.429. The van der Waals surface area contributed by atoms with Crippen LogP contribution in [0.2, 0.25) is 0 Å². The summed E-state index contributed by atoms with van der Waals surface area (Å²) in [6, 6.07) is 5.79. The molecule has 0 radical (unpaired) electrons. The number of unbranched alkanes of at least 4 members (excludes halogenated alkanes) is 2.